The van der Waals surface area contributed by atoms with Gasteiger partial charge in [0.25, 0.3) is 5.22 Å². The minimum absolute atomic E-state index is 0.0147. The van der Waals surface area contributed by atoms with Gasteiger partial charge >= 0.3 is 0 Å². The number of benzene rings is 1. The van der Waals surface area contributed by atoms with Crippen LogP contribution in [0.25, 0.3) is 10.9 Å². The molecule has 27 heavy (non-hydrogen) atoms. The second-order valence-electron chi connectivity index (χ2n) is 6.81. The molecule has 4 rings (SSSR count). The van der Waals surface area contributed by atoms with Crippen molar-refractivity contribution < 1.29 is 17.6 Å². The molecule has 0 spiro atoms. The summed E-state index contributed by atoms with van der Waals surface area (Å²) < 4.78 is 28.7. The molecule has 2 atom stereocenters. The zero-order chi connectivity index (χ0) is 19.0. The van der Waals surface area contributed by atoms with Crippen molar-refractivity contribution in [2.24, 2.45) is 5.92 Å². The average Bonchev–Trinajstić information content (AvgIpc) is 3.33. The summed E-state index contributed by atoms with van der Waals surface area (Å²) in [5.74, 6) is 0.834. The molecule has 3 heterocycles. The molecule has 0 aliphatic carbocycles. The van der Waals surface area contributed by atoms with Crippen LogP contribution in [0.4, 0.5) is 0 Å². The molecule has 0 amide bonds. The van der Waals surface area contributed by atoms with Gasteiger partial charge in [-0.25, -0.2) is 8.42 Å². The number of sulfone groups is 1. The third-order valence-electron chi connectivity index (χ3n) is 4.74. The number of fused-ring (bicyclic) bond motifs is 1. The Hall–Kier alpha value is -2.13. The van der Waals surface area contributed by atoms with Crippen LogP contribution in [-0.2, 0) is 16.3 Å². The summed E-state index contributed by atoms with van der Waals surface area (Å²) in [6.45, 7) is 1.81. The second-order valence-corrected chi connectivity index (χ2v) is 10.3. The first-order valence-electron chi connectivity index (χ1n) is 8.71. The highest BCUT2D eigenvalue weighted by molar-refractivity contribution is 8.00. The number of aromatic nitrogens is 3. The fourth-order valence-electron chi connectivity index (χ4n) is 3.35. The molecule has 7 nitrogen and oxygen atoms in total. The summed E-state index contributed by atoms with van der Waals surface area (Å²) in [7, 11) is -2.92. The molecular weight excluding hydrogens is 386 g/mol. The van der Waals surface area contributed by atoms with Crippen LogP contribution in [0.1, 0.15) is 29.6 Å². The summed E-state index contributed by atoms with van der Waals surface area (Å²) in [5.41, 5.74) is 1.56. The smallest absolute Gasteiger partial charge is 0.277 e. The molecule has 1 saturated heterocycles. The maximum atomic E-state index is 12.8. The molecular formula is C18H19N3O4S2. The van der Waals surface area contributed by atoms with Gasteiger partial charge in [-0.15, -0.1) is 10.2 Å². The van der Waals surface area contributed by atoms with Gasteiger partial charge in [-0.05, 0) is 25.3 Å². The highest BCUT2D eigenvalue weighted by Gasteiger charge is 2.29. The number of nitrogens with one attached hydrogen (secondary N) is 1. The van der Waals surface area contributed by atoms with E-state index >= 15 is 0 Å². The molecule has 0 unspecified atom stereocenters. The number of para-hydroxylation sites is 1. The largest absolute Gasteiger partial charge is 0.416 e. The highest BCUT2D eigenvalue weighted by Crippen LogP contribution is 2.29. The summed E-state index contributed by atoms with van der Waals surface area (Å²) in [6.07, 6.45) is 2.81. The number of ketones is 1. The lowest BCUT2D eigenvalue weighted by Crippen LogP contribution is -2.13. The number of rotatable bonds is 6. The van der Waals surface area contributed by atoms with Gasteiger partial charge in [0.2, 0.25) is 5.89 Å². The van der Waals surface area contributed by atoms with Gasteiger partial charge in [-0.3, -0.25) is 4.79 Å². The van der Waals surface area contributed by atoms with Crippen molar-refractivity contribution in [3.8, 4) is 0 Å². The van der Waals surface area contributed by atoms with E-state index in [4.69, 9.17) is 4.42 Å². The number of H-pyrrole nitrogens is 1. The number of thioether (sulfide) groups is 1. The van der Waals surface area contributed by atoms with E-state index in [0.29, 0.717) is 29.5 Å². The Morgan fingerprint density at radius 2 is 2.19 bits per heavy atom. The fraction of sp³-hybridized carbons (Fsp3) is 0.389. The quantitative estimate of drug-likeness (QED) is 0.496. The molecule has 3 aromatic rings. The van der Waals surface area contributed by atoms with E-state index in [2.05, 4.69) is 15.2 Å². The molecule has 1 fully saturated rings. The first kappa shape index (κ1) is 18.2. The van der Waals surface area contributed by atoms with Gasteiger partial charge in [0, 0.05) is 29.1 Å². The van der Waals surface area contributed by atoms with E-state index in [1.165, 1.54) is 11.8 Å². The number of aromatic amines is 1. The Labute approximate surface area is 160 Å². The number of nitrogens with zero attached hydrogens (tertiary/aromatic N) is 2. The van der Waals surface area contributed by atoms with Gasteiger partial charge < -0.3 is 9.40 Å². The van der Waals surface area contributed by atoms with Crippen LogP contribution < -0.4 is 0 Å². The van der Waals surface area contributed by atoms with Crippen LogP contribution >= 0.6 is 11.8 Å². The van der Waals surface area contributed by atoms with Crippen molar-refractivity contribution in [1.82, 2.24) is 15.2 Å². The molecule has 1 N–H and O–H groups in total. The molecule has 1 aliphatic rings. The zero-order valence-corrected chi connectivity index (χ0v) is 16.3. The van der Waals surface area contributed by atoms with E-state index in [9.17, 15) is 13.2 Å². The predicted molar refractivity (Wildman–Crippen MR) is 103 cm³/mol. The van der Waals surface area contributed by atoms with Crippen molar-refractivity contribution in [3.63, 3.8) is 0 Å². The summed E-state index contributed by atoms with van der Waals surface area (Å²) in [5, 5.41) is 8.83. The summed E-state index contributed by atoms with van der Waals surface area (Å²) in [6, 6.07) is 7.66. The third kappa shape index (κ3) is 3.93. The first-order valence-corrected chi connectivity index (χ1v) is 11.4. The third-order valence-corrected chi connectivity index (χ3v) is 7.51. The van der Waals surface area contributed by atoms with E-state index in [0.717, 1.165) is 10.9 Å². The molecule has 1 aromatic carbocycles. The van der Waals surface area contributed by atoms with Crippen LogP contribution in [0.5, 0.6) is 0 Å². The SMILES string of the molecule is C[C@H](Sc1nnc(C[C@@H]2CCS(=O)(=O)C2)o1)C(=O)c1c[nH]c2ccccc12. The zero-order valence-electron chi connectivity index (χ0n) is 14.7. The van der Waals surface area contributed by atoms with Crippen LogP contribution in [0.2, 0.25) is 0 Å². The molecule has 1 aliphatic heterocycles. The lowest BCUT2D eigenvalue weighted by Gasteiger charge is -2.06. The fourth-order valence-corrected chi connectivity index (χ4v) is 5.98. The lowest BCUT2D eigenvalue weighted by atomic mass is 10.1. The Morgan fingerprint density at radius 1 is 1.37 bits per heavy atom. The monoisotopic (exact) mass is 405 g/mol. The summed E-state index contributed by atoms with van der Waals surface area (Å²) in [4.78, 5) is 15.9. The van der Waals surface area contributed by atoms with E-state index < -0.39 is 9.84 Å². The topological polar surface area (TPSA) is 106 Å². The Balaban J connectivity index is 1.42. The number of hydrogen-bond acceptors (Lipinski definition) is 7. The van der Waals surface area contributed by atoms with Crippen molar-refractivity contribution in [1.29, 1.82) is 0 Å². The second kappa shape index (κ2) is 7.12. The van der Waals surface area contributed by atoms with Crippen LogP contribution in [0.3, 0.4) is 0 Å². The molecule has 0 saturated carbocycles. The minimum atomic E-state index is -2.92. The Morgan fingerprint density at radius 3 is 2.96 bits per heavy atom. The van der Waals surface area contributed by atoms with Crippen LogP contribution in [0, 0.1) is 5.92 Å². The van der Waals surface area contributed by atoms with Crippen LogP contribution in [-0.4, -0.2) is 46.1 Å². The molecule has 0 bridgehead atoms. The minimum Gasteiger partial charge on any atom is -0.416 e. The number of carbonyl (C=O) groups is 1. The van der Waals surface area contributed by atoms with Gasteiger partial charge in [0.1, 0.15) is 0 Å². The summed E-state index contributed by atoms with van der Waals surface area (Å²) >= 11 is 1.22. The normalized spacial score (nSPS) is 20.1. The van der Waals surface area contributed by atoms with Crippen molar-refractivity contribution in [2.45, 2.75) is 30.2 Å². The average molecular weight is 406 g/mol. The van der Waals surface area contributed by atoms with Gasteiger partial charge in [-0.1, -0.05) is 30.0 Å². The van der Waals surface area contributed by atoms with Gasteiger partial charge in [0.15, 0.2) is 15.6 Å². The predicted octanol–water partition coefficient (Wildman–Crippen LogP) is 2.89. The van der Waals surface area contributed by atoms with E-state index in [1.54, 1.807) is 6.20 Å². The Bertz CT molecular complexity index is 1090. The number of hydrogen-bond donors (Lipinski definition) is 1. The van der Waals surface area contributed by atoms with Crippen LogP contribution in [0.15, 0.2) is 40.1 Å². The Kier molecular flexibility index (Phi) is 4.81. The highest BCUT2D eigenvalue weighted by atomic mass is 32.2. The number of Topliss-reactive ketones (excluding diaryl/α,β-unsaturated/α-hetero) is 1. The molecule has 2 aromatic heterocycles. The molecule has 0 radical (unpaired) electrons. The first-order chi connectivity index (χ1) is 12.9. The van der Waals surface area contributed by atoms with Crippen molar-refractivity contribution in [2.75, 3.05) is 11.5 Å². The van der Waals surface area contributed by atoms with Gasteiger partial charge in [0.05, 0.1) is 16.8 Å². The van der Waals surface area contributed by atoms with Crippen molar-refractivity contribution in [3.05, 3.63) is 41.9 Å². The molecule has 142 valence electrons. The maximum Gasteiger partial charge on any atom is 0.277 e. The number of carbonyl (C=O) groups excluding carboxylic acids is 1. The van der Waals surface area contributed by atoms with Gasteiger partial charge in [-0.2, -0.15) is 0 Å². The van der Waals surface area contributed by atoms with E-state index in [1.807, 2.05) is 31.2 Å². The van der Waals surface area contributed by atoms with Crippen molar-refractivity contribution >= 4 is 38.3 Å². The maximum absolute atomic E-state index is 12.8. The van der Waals surface area contributed by atoms with E-state index in [-0.39, 0.29) is 28.5 Å². The molecule has 9 heteroatoms. The standard InChI is InChI=1S/C18H19N3O4S2/c1-11(17(22)14-9-19-15-5-3-2-4-13(14)15)26-18-21-20-16(25-18)8-12-6-7-27(23,24)10-12/h2-5,9,11-12,19H,6-8,10H2,1H3/t11-,12-/m0/s1. The lowest BCUT2D eigenvalue weighted by molar-refractivity contribution is 0.0995.